The molecule has 0 bridgehead atoms. The van der Waals surface area contributed by atoms with Gasteiger partial charge in [-0.25, -0.2) is 4.79 Å². The first-order valence-electron chi connectivity index (χ1n) is 9.68. The molecule has 1 fully saturated rings. The lowest BCUT2D eigenvalue weighted by Gasteiger charge is -2.29. The van der Waals surface area contributed by atoms with Crippen LogP contribution in [0.2, 0.25) is 0 Å². The number of aliphatic carboxylic acids is 1. The number of aliphatic hydroxyl groups is 2. The van der Waals surface area contributed by atoms with Crippen LogP contribution in [0.3, 0.4) is 0 Å². The summed E-state index contributed by atoms with van der Waals surface area (Å²) >= 11 is 0. The van der Waals surface area contributed by atoms with E-state index in [9.17, 15) is 24.3 Å². The molecule has 5 atom stereocenters. The van der Waals surface area contributed by atoms with Gasteiger partial charge in [0.1, 0.15) is 18.1 Å². The topological polar surface area (TPSA) is 182 Å². The van der Waals surface area contributed by atoms with Crippen LogP contribution in [0.5, 0.6) is 0 Å². The summed E-state index contributed by atoms with van der Waals surface area (Å²) in [5.74, 6) is -3.18. The summed E-state index contributed by atoms with van der Waals surface area (Å²) in [4.78, 5) is 50.0. The van der Waals surface area contributed by atoms with Crippen LogP contribution in [0.25, 0.3) is 0 Å². The van der Waals surface area contributed by atoms with Crippen molar-refractivity contribution < 1.29 is 34.5 Å². The van der Waals surface area contributed by atoms with Crippen molar-refractivity contribution in [3.63, 3.8) is 0 Å². The molecular weight excluding hydrogens is 384 g/mol. The summed E-state index contributed by atoms with van der Waals surface area (Å²) in [6.07, 6.45) is 0.116. The van der Waals surface area contributed by atoms with Crippen molar-refractivity contribution >= 4 is 23.7 Å². The van der Waals surface area contributed by atoms with Gasteiger partial charge in [-0.2, -0.15) is 0 Å². The summed E-state index contributed by atoms with van der Waals surface area (Å²) in [5, 5.41) is 32.3. The molecule has 1 rings (SSSR count). The molecule has 1 saturated heterocycles. The molecule has 3 amide bonds. The fourth-order valence-electron chi connectivity index (χ4n) is 3.23. The Morgan fingerprint density at radius 1 is 1.17 bits per heavy atom. The second kappa shape index (κ2) is 11.1. The number of aliphatic hydroxyl groups excluding tert-OH is 2. The van der Waals surface area contributed by atoms with Gasteiger partial charge in [-0.1, -0.05) is 13.8 Å². The van der Waals surface area contributed by atoms with Gasteiger partial charge in [0.15, 0.2) is 0 Å². The van der Waals surface area contributed by atoms with Crippen LogP contribution in [0.15, 0.2) is 0 Å². The van der Waals surface area contributed by atoms with Crippen molar-refractivity contribution in [3.8, 4) is 0 Å². The molecule has 0 radical (unpaired) electrons. The van der Waals surface area contributed by atoms with Crippen molar-refractivity contribution in [3.05, 3.63) is 0 Å². The van der Waals surface area contributed by atoms with Crippen molar-refractivity contribution in [2.24, 2.45) is 11.7 Å². The molecule has 1 heterocycles. The fraction of sp³-hybridized carbons (Fsp3) is 0.778. The second-order valence-electron chi connectivity index (χ2n) is 7.73. The van der Waals surface area contributed by atoms with Crippen molar-refractivity contribution in [2.45, 2.75) is 70.3 Å². The van der Waals surface area contributed by atoms with Gasteiger partial charge in [0.05, 0.1) is 18.8 Å². The molecule has 0 saturated carbocycles. The summed E-state index contributed by atoms with van der Waals surface area (Å²) in [5.41, 5.74) is 5.95. The van der Waals surface area contributed by atoms with E-state index in [1.165, 1.54) is 11.8 Å². The molecule has 11 heteroatoms. The third-order valence-corrected chi connectivity index (χ3v) is 4.74. The summed E-state index contributed by atoms with van der Waals surface area (Å²) in [7, 11) is 0. The lowest BCUT2D eigenvalue weighted by atomic mass is 10.0. The largest absolute Gasteiger partial charge is 0.480 e. The highest BCUT2D eigenvalue weighted by molar-refractivity contribution is 5.94. The number of hydrogen-bond donors (Lipinski definition) is 6. The van der Waals surface area contributed by atoms with Crippen LogP contribution < -0.4 is 16.4 Å². The molecular formula is C18H32N4O7. The van der Waals surface area contributed by atoms with E-state index in [-0.39, 0.29) is 11.8 Å². The van der Waals surface area contributed by atoms with Crippen LogP contribution in [-0.4, -0.2) is 87.3 Å². The maximum Gasteiger partial charge on any atom is 0.328 e. The Labute approximate surface area is 169 Å². The molecule has 0 aromatic carbocycles. The number of nitrogens with two attached hydrogens (primary N) is 1. The van der Waals surface area contributed by atoms with E-state index in [1.54, 1.807) is 0 Å². The first-order chi connectivity index (χ1) is 13.5. The monoisotopic (exact) mass is 416 g/mol. The Balaban J connectivity index is 2.84. The number of likely N-dealkylation sites (tertiary alicyclic amines) is 1. The van der Waals surface area contributed by atoms with E-state index >= 15 is 0 Å². The highest BCUT2D eigenvalue weighted by Crippen LogP contribution is 2.20. The maximum absolute atomic E-state index is 12.7. The van der Waals surface area contributed by atoms with Crippen LogP contribution in [0.1, 0.15) is 40.0 Å². The predicted molar refractivity (Wildman–Crippen MR) is 102 cm³/mol. The van der Waals surface area contributed by atoms with Gasteiger partial charge in [0, 0.05) is 6.54 Å². The van der Waals surface area contributed by atoms with Crippen molar-refractivity contribution in [1.29, 1.82) is 0 Å². The first kappa shape index (κ1) is 24.8. The van der Waals surface area contributed by atoms with Crippen LogP contribution in [-0.2, 0) is 19.2 Å². The van der Waals surface area contributed by atoms with Gasteiger partial charge >= 0.3 is 5.97 Å². The molecule has 29 heavy (non-hydrogen) atoms. The minimum absolute atomic E-state index is 0.209. The molecule has 0 aromatic heterocycles. The zero-order chi connectivity index (χ0) is 22.3. The predicted octanol–water partition coefficient (Wildman–Crippen LogP) is -2.22. The number of carbonyl (C=O) groups excluding carboxylic acids is 3. The molecule has 11 nitrogen and oxygen atoms in total. The van der Waals surface area contributed by atoms with E-state index in [4.69, 9.17) is 15.9 Å². The third-order valence-electron chi connectivity index (χ3n) is 4.74. The molecule has 0 aromatic rings. The average molecular weight is 416 g/mol. The van der Waals surface area contributed by atoms with E-state index in [1.807, 2.05) is 13.8 Å². The first-order valence-corrected chi connectivity index (χ1v) is 9.68. The fourth-order valence-corrected chi connectivity index (χ4v) is 3.23. The number of rotatable bonds is 10. The minimum Gasteiger partial charge on any atom is -0.480 e. The molecule has 166 valence electrons. The molecule has 5 unspecified atom stereocenters. The van der Waals surface area contributed by atoms with Crippen molar-refractivity contribution in [2.75, 3.05) is 13.2 Å². The van der Waals surface area contributed by atoms with Crippen LogP contribution in [0, 0.1) is 5.92 Å². The van der Waals surface area contributed by atoms with Gasteiger partial charge in [0.2, 0.25) is 17.7 Å². The smallest absolute Gasteiger partial charge is 0.328 e. The Morgan fingerprint density at radius 3 is 2.28 bits per heavy atom. The van der Waals surface area contributed by atoms with Gasteiger partial charge in [-0.05, 0) is 32.1 Å². The quantitative estimate of drug-likeness (QED) is 0.231. The van der Waals surface area contributed by atoms with E-state index in [0.29, 0.717) is 25.8 Å². The Bertz CT molecular complexity index is 611. The maximum atomic E-state index is 12.7. The zero-order valence-electron chi connectivity index (χ0n) is 17.0. The number of carbonyl (C=O) groups is 4. The molecule has 1 aliphatic rings. The van der Waals surface area contributed by atoms with Gasteiger partial charge in [-0.3, -0.25) is 14.4 Å². The SMILES string of the molecule is CC(C)CC(N)C(=O)N1CCCC1C(=O)NC(C(=O)NC(CO)C(=O)O)C(C)O. The van der Waals surface area contributed by atoms with Crippen molar-refractivity contribution in [1.82, 2.24) is 15.5 Å². The number of nitrogens with one attached hydrogen (secondary N) is 2. The Hall–Kier alpha value is -2.24. The Kier molecular flexibility index (Phi) is 9.47. The molecule has 7 N–H and O–H groups in total. The summed E-state index contributed by atoms with van der Waals surface area (Å²) < 4.78 is 0. The Morgan fingerprint density at radius 2 is 1.79 bits per heavy atom. The summed E-state index contributed by atoms with van der Waals surface area (Å²) in [6.45, 7) is 4.64. The highest BCUT2D eigenvalue weighted by Gasteiger charge is 2.38. The number of nitrogens with zero attached hydrogens (tertiary/aromatic N) is 1. The summed E-state index contributed by atoms with van der Waals surface area (Å²) in [6, 6.07) is -4.58. The lowest BCUT2D eigenvalue weighted by molar-refractivity contribution is -0.144. The minimum atomic E-state index is -1.57. The highest BCUT2D eigenvalue weighted by atomic mass is 16.4. The standard InChI is InChI=1S/C18H32N4O7/c1-9(2)7-11(19)17(27)22-6-4-5-13(22)15(25)21-14(10(3)24)16(26)20-12(8-23)18(28)29/h9-14,23-24H,4-8,19H2,1-3H3,(H,20,26)(H,21,25)(H,28,29). The number of carboxylic acid groups (broad SMARTS) is 1. The van der Waals surface area contributed by atoms with Gasteiger partial charge in [-0.15, -0.1) is 0 Å². The lowest BCUT2D eigenvalue weighted by Crippen LogP contribution is -2.59. The number of hydrogen-bond acceptors (Lipinski definition) is 7. The van der Waals surface area contributed by atoms with E-state index in [0.717, 1.165) is 0 Å². The van der Waals surface area contributed by atoms with Gasteiger partial charge in [0.25, 0.3) is 0 Å². The number of amides is 3. The third kappa shape index (κ3) is 6.94. The van der Waals surface area contributed by atoms with Crippen LogP contribution >= 0.6 is 0 Å². The molecule has 1 aliphatic heterocycles. The second-order valence-corrected chi connectivity index (χ2v) is 7.73. The zero-order valence-corrected chi connectivity index (χ0v) is 17.0. The van der Waals surface area contributed by atoms with E-state index in [2.05, 4.69) is 10.6 Å². The molecule has 0 aliphatic carbocycles. The number of carboxylic acids is 1. The normalized spacial score (nSPS) is 20.7. The van der Waals surface area contributed by atoms with Gasteiger partial charge < -0.3 is 36.6 Å². The van der Waals surface area contributed by atoms with Crippen LogP contribution in [0.4, 0.5) is 0 Å². The van der Waals surface area contributed by atoms with E-state index < -0.39 is 54.7 Å². The average Bonchev–Trinajstić information content (AvgIpc) is 3.11. The molecule has 0 spiro atoms.